The zero-order chi connectivity index (χ0) is 11.5. The van der Waals surface area contributed by atoms with Crippen LogP contribution in [0.15, 0.2) is 17.0 Å². The number of aromatic amines is 1. The maximum atomic E-state index is 4.37. The molecule has 16 heavy (non-hydrogen) atoms. The van der Waals surface area contributed by atoms with Gasteiger partial charge in [0.25, 0.3) is 0 Å². The lowest BCUT2D eigenvalue weighted by Crippen LogP contribution is -1.93. The Morgan fingerprint density at radius 1 is 1.50 bits per heavy atom. The Kier molecular flexibility index (Phi) is 4.01. The number of halogens is 2. The Balaban J connectivity index is 2.23. The van der Waals surface area contributed by atoms with Crippen LogP contribution in [0.5, 0.6) is 0 Å². The van der Waals surface area contributed by atoms with E-state index in [4.69, 9.17) is 0 Å². The molecule has 2 aromatic rings. The molecule has 6 heteroatoms. The molecule has 0 fully saturated rings. The second kappa shape index (κ2) is 5.31. The highest BCUT2D eigenvalue weighted by Gasteiger charge is 2.10. The monoisotopic (exact) mass is 394 g/mol. The van der Waals surface area contributed by atoms with Crippen LogP contribution in [-0.4, -0.2) is 20.0 Å². The molecular weight excluding hydrogens is 383 g/mol. The first kappa shape index (κ1) is 12.1. The number of hydrogen-bond donors (Lipinski definition) is 1. The summed E-state index contributed by atoms with van der Waals surface area (Å²) < 4.78 is 3.79. The molecular formula is C10H12BrIN4. The molecule has 0 radical (unpaired) electrons. The maximum absolute atomic E-state index is 4.37. The van der Waals surface area contributed by atoms with Crippen LogP contribution in [0.3, 0.4) is 0 Å². The number of aromatic nitrogens is 4. The summed E-state index contributed by atoms with van der Waals surface area (Å²) in [5.74, 6) is 0. The average Bonchev–Trinajstić information content (AvgIpc) is 2.86. The molecule has 0 bridgehead atoms. The Morgan fingerprint density at radius 3 is 2.94 bits per heavy atom. The van der Waals surface area contributed by atoms with Crippen LogP contribution in [0.4, 0.5) is 0 Å². The van der Waals surface area contributed by atoms with Gasteiger partial charge in [0.1, 0.15) is 4.60 Å². The molecule has 2 heterocycles. The van der Waals surface area contributed by atoms with E-state index in [-0.39, 0.29) is 0 Å². The van der Waals surface area contributed by atoms with Gasteiger partial charge in [0.05, 0.1) is 5.69 Å². The standard InChI is InChI=1S/C10H12BrIN4/c1-2-16-6-8(10(11)15-16)3-7-5-13-14-9(7)4-12/h5-6H,2-4H2,1H3,(H,13,14). The highest BCUT2D eigenvalue weighted by Crippen LogP contribution is 2.20. The fourth-order valence-corrected chi connectivity index (χ4v) is 2.64. The van der Waals surface area contributed by atoms with E-state index < -0.39 is 0 Å². The van der Waals surface area contributed by atoms with Crippen LogP contribution in [-0.2, 0) is 17.4 Å². The molecule has 0 amide bonds. The van der Waals surface area contributed by atoms with Crippen molar-refractivity contribution in [3.05, 3.63) is 33.8 Å². The van der Waals surface area contributed by atoms with Gasteiger partial charge in [-0.15, -0.1) is 0 Å². The van der Waals surface area contributed by atoms with Gasteiger partial charge in [0, 0.05) is 35.4 Å². The molecule has 2 aromatic heterocycles. The molecule has 0 unspecified atom stereocenters. The van der Waals surface area contributed by atoms with Crippen molar-refractivity contribution in [1.29, 1.82) is 0 Å². The molecule has 0 aliphatic carbocycles. The van der Waals surface area contributed by atoms with Gasteiger partial charge in [-0.05, 0) is 28.4 Å². The topological polar surface area (TPSA) is 46.5 Å². The lowest BCUT2D eigenvalue weighted by Gasteiger charge is -1.97. The number of nitrogens with one attached hydrogen (secondary N) is 1. The fourth-order valence-electron chi connectivity index (χ4n) is 1.54. The van der Waals surface area contributed by atoms with Gasteiger partial charge in [0.15, 0.2) is 0 Å². The van der Waals surface area contributed by atoms with Crippen LogP contribution in [0.25, 0.3) is 0 Å². The molecule has 1 N–H and O–H groups in total. The van der Waals surface area contributed by atoms with Gasteiger partial charge >= 0.3 is 0 Å². The van der Waals surface area contributed by atoms with Crippen molar-refractivity contribution in [2.45, 2.75) is 24.3 Å². The number of hydrogen-bond acceptors (Lipinski definition) is 2. The number of aryl methyl sites for hydroxylation is 1. The van der Waals surface area contributed by atoms with Crippen molar-refractivity contribution >= 4 is 38.5 Å². The van der Waals surface area contributed by atoms with Crippen LogP contribution in [0.1, 0.15) is 23.7 Å². The predicted octanol–water partition coefficient (Wildman–Crippen LogP) is 2.91. The summed E-state index contributed by atoms with van der Waals surface area (Å²) in [4.78, 5) is 0. The molecule has 0 aliphatic rings. The average molecular weight is 395 g/mol. The molecule has 86 valence electrons. The lowest BCUT2D eigenvalue weighted by molar-refractivity contribution is 0.655. The number of nitrogens with zero attached hydrogens (tertiary/aromatic N) is 3. The molecule has 0 aromatic carbocycles. The minimum atomic E-state index is 0.870. The second-order valence-corrected chi connectivity index (χ2v) is 4.98. The van der Waals surface area contributed by atoms with E-state index >= 15 is 0 Å². The minimum Gasteiger partial charge on any atom is -0.285 e. The zero-order valence-corrected chi connectivity index (χ0v) is 12.6. The predicted molar refractivity (Wildman–Crippen MR) is 74.7 cm³/mol. The summed E-state index contributed by atoms with van der Waals surface area (Å²) in [5, 5.41) is 11.5. The largest absolute Gasteiger partial charge is 0.285 e. The lowest BCUT2D eigenvalue weighted by atomic mass is 10.1. The molecule has 0 saturated heterocycles. The van der Waals surface area contributed by atoms with Crippen LogP contribution < -0.4 is 0 Å². The Hall–Kier alpha value is -0.370. The number of rotatable bonds is 4. The summed E-state index contributed by atoms with van der Waals surface area (Å²) in [6.07, 6.45) is 4.91. The van der Waals surface area contributed by atoms with Crippen molar-refractivity contribution in [3.8, 4) is 0 Å². The summed E-state index contributed by atoms with van der Waals surface area (Å²) in [5.41, 5.74) is 3.57. The van der Waals surface area contributed by atoms with Crippen molar-refractivity contribution in [1.82, 2.24) is 20.0 Å². The quantitative estimate of drug-likeness (QED) is 0.640. The van der Waals surface area contributed by atoms with E-state index in [2.05, 4.69) is 66.9 Å². The first-order chi connectivity index (χ1) is 7.74. The minimum absolute atomic E-state index is 0.870. The highest BCUT2D eigenvalue weighted by molar-refractivity contribution is 14.1. The second-order valence-electron chi connectivity index (χ2n) is 3.47. The first-order valence-electron chi connectivity index (χ1n) is 5.04. The summed E-state index contributed by atoms with van der Waals surface area (Å²) in [7, 11) is 0. The van der Waals surface area contributed by atoms with Crippen LogP contribution >= 0.6 is 38.5 Å². The SMILES string of the molecule is CCn1cc(Cc2c[nH]nc2CI)c(Br)n1. The molecule has 4 nitrogen and oxygen atoms in total. The van der Waals surface area contributed by atoms with Gasteiger partial charge in [-0.2, -0.15) is 10.2 Å². The van der Waals surface area contributed by atoms with Gasteiger partial charge in [-0.1, -0.05) is 22.6 Å². The van der Waals surface area contributed by atoms with Crippen molar-refractivity contribution in [2.24, 2.45) is 0 Å². The Labute approximate surface area is 116 Å². The van der Waals surface area contributed by atoms with Crippen molar-refractivity contribution < 1.29 is 0 Å². The normalized spacial score (nSPS) is 10.9. The van der Waals surface area contributed by atoms with Gasteiger partial charge in [0.2, 0.25) is 0 Å². The number of alkyl halides is 1. The van der Waals surface area contributed by atoms with E-state index in [0.717, 1.165) is 27.7 Å². The van der Waals surface area contributed by atoms with Crippen molar-refractivity contribution in [2.75, 3.05) is 0 Å². The van der Waals surface area contributed by atoms with Gasteiger partial charge < -0.3 is 0 Å². The molecule has 0 atom stereocenters. The third kappa shape index (κ3) is 2.48. The fraction of sp³-hybridized carbons (Fsp3) is 0.400. The Bertz CT molecular complexity index is 477. The number of H-pyrrole nitrogens is 1. The molecule has 2 rings (SSSR count). The van der Waals surface area contributed by atoms with Gasteiger partial charge in [-0.25, -0.2) is 0 Å². The summed E-state index contributed by atoms with van der Waals surface area (Å²) >= 11 is 5.81. The van der Waals surface area contributed by atoms with Gasteiger partial charge in [-0.3, -0.25) is 9.78 Å². The third-order valence-electron chi connectivity index (χ3n) is 2.43. The first-order valence-corrected chi connectivity index (χ1v) is 7.35. The van der Waals surface area contributed by atoms with E-state index in [1.54, 1.807) is 0 Å². The Morgan fingerprint density at radius 2 is 2.31 bits per heavy atom. The van der Waals surface area contributed by atoms with E-state index in [9.17, 15) is 0 Å². The molecule has 0 saturated carbocycles. The molecule has 0 spiro atoms. The highest BCUT2D eigenvalue weighted by atomic mass is 127. The van der Waals surface area contributed by atoms with E-state index in [1.165, 1.54) is 11.1 Å². The van der Waals surface area contributed by atoms with Crippen LogP contribution in [0.2, 0.25) is 0 Å². The summed E-state index contributed by atoms with van der Waals surface area (Å²) in [6.45, 7) is 2.97. The molecule has 0 aliphatic heterocycles. The maximum Gasteiger partial charge on any atom is 0.131 e. The van der Waals surface area contributed by atoms with Crippen molar-refractivity contribution in [3.63, 3.8) is 0 Å². The van der Waals surface area contributed by atoms with Crippen LogP contribution in [0, 0.1) is 0 Å². The van der Waals surface area contributed by atoms with E-state index in [0.29, 0.717) is 0 Å². The third-order valence-corrected chi connectivity index (χ3v) is 3.82. The zero-order valence-electron chi connectivity index (χ0n) is 8.87. The summed E-state index contributed by atoms with van der Waals surface area (Å²) in [6, 6.07) is 0. The smallest absolute Gasteiger partial charge is 0.131 e. The van der Waals surface area contributed by atoms with E-state index in [1.807, 2.05) is 10.9 Å².